The van der Waals surface area contributed by atoms with Gasteiger partial charge in [-0.3, -0.25) is 14.5 Å². The minimum atomic E-state index is -0.180. The maximum absolute atomic E-state index is 13.3. The smallest absolute Gasteiger partial charge is 0.257 e. The molecule has 2 heterocycles. The lowest BCUT2D eigenvalue weighted by molar-refractivity contribution is -0.118. The molecule has 0 bridgehead atoms. The van der Waals surface area contributed by atoms with Crippen LogP contribution in [0.2, 0.25) is 0 Å². The highest BCUT2D eigenvalue weighted by Gasteiger charge is 2.28. The Balaban J connectivity index is 0.00000181. The normalized spacial score (nSPS) is 16.0. The number of fused-ring (bicyclic) bond motifs is 2. The number of rotatable bonds is 6. The average molecular weight is 461 g/mol. The number of benzene rings is 2. The number of piperazine rings is 1. The lowest BCUT2D eigenvalue weighted by Crippen LogP contribution is -2.44. The van der Waals surface area contributed by atoms with E-state index in [9.17, 15) is 9.59 Å². The van der Waals surface area contributed by atoms with Crippen LogP contribution in [0.25, 0.3) is 0 Å². The van der Waals surface area contributed by atoms with Crippen molar-refractivity contribution in [3.8, 4) is 0 Å². The Labute approximate surface area is 196 Å². The van der Waals surface area contributed by atoms with E-state index in [4.69, 9.17) is 0 Å². The summed E-state index contributed by atoms with van der Waals surface area (Å²) in [5.41, 5.74) is 2.58. The molecule has 0 radical (unpaired) electrons. The molecule has 0 unspecified atom stereocenters. The van der Waals surface area contributed by atoms with Gasteiger partial charge in [0.2, 0.25) is 5.91 Å². The minimum Gasteiger partial charge on any atom is -0.412 e. The van der Waals surface area contributed by atoms with E-state index in [0.717, 1.165) is 57.7 Å². The molecule has 7 nitrogen and oxygen atoms in total. The third-order valence-electron chi connectivity index (χ3n) is 5.99. The van der Waals surface area contributed by atoms with Gasteiger partial charge in [0, 0.05) is 32.6 Å². The molecule has 8 heteroatoms. The Kier molecular flexibility index (Phi) is 9.65. The number of halogens is 1. The summed E-state index contributed by atoms with van der Waals surface area (Å²) in [7, 11) is 2.17. The number of anilines is 3. The summed E-state index contributed by atoms with van der Waals surface area (Å²) in [6.07, 6.45) is 3.48. The second-order valence-electron chi connectivity index (χ2n) is 8.17. The van der Waals surface area contributed by atoms with Crippen LogP contribution in [0.15, 0.2) is 48.5 Å². The number of nitrogens with zero attached hydrogens (tertiary/aromatic N) is 3. The van der Waals surface area contributed by atoms with E-state index < -0.39 is 0 Å². The summed E-state index contributed by atoms with van der Waals surface area (Å²) in [4.78, 5) is 32.5. The molecule has 0 saturated carbocycles. The first-order chi connectivity index (χ1) is 14.6. The van der Waals surface area contributed by atoms with Crippen LogP contribution < -0.4 is 10.2 Å². The maximum atomic E-state index is 13.3. The lowest BCUT2D eigenvalue weighted by atomic mass is 10.1. The summed E-state index contributed by atoms with van der Waals surface area (Å²) >= 11 is 0. The third kappa shape index (κ3) is 5.86. The largest absolute Gasteiger partial charge is 0.412 e. The van der Waals surface area contributed by atoms with E-state index in [2.05, 4.69) is 22.2 Å². The van der Waals surface area contributed by atoms with Gasteiger partial charge in [0.05, 0.1) is 22.6 Å². The van der Waals surface area contributed by atoms with Crippen molar-refractivity contribution in [1.29, 1.82) is 0 Å². The van der Waals surface area contributed by atoms with Crippen molar-refractivity contribution in [2.75, 3.05) is 50.0 Å². The average Bonchev–Trinajstić information content (AvgIpc) is 2.88. The van der Waals surface area contributed by atoms with Crippen LogP contribution in [0, 0.1) is 0 Å². The molecule has 2 aromatic rings. The van der Waals surface area contributed by atoms with Crippen LogP contribution in [0.1, 0.15) is 36.0 Å². The first-order valence-corrected chi connectivity index (χ1v) is 10.9. The van der Waals surface area contributed by atoms with E-state index in [-0.39, 0.29) is 29.7 Å². The van der Waals surface area contributed by atoms with Gasteiger partial charge in [0.1, 0.15) is 0 Å². The molecule has 32 heavy (non-hydrogen) atoms. The summed E-state index contributed by atoms with van der Waals surface area (Å²) in [5, 5.41) is 2.94. The van der Waals surface area contributed by atoms with Gasteiger partial charge >= 0.3 is 0 Å². The molecule has 2 aliphatic rings. The monoisotopic (exact) mass is 460 g/mol. The SMILES string of the molecule is CN1CCN(CCCCCC(=O)N2c3ccccc3NC(=O)c3ccccc32)CC1.Cl.O. The highest BCUT2D eigenvalue weighted by atomic mass is 35.5. The number of para-hydroxylation sites is 3. The van der Waals surface area contributed by atoms with Crippen LogP contribution in [-0.4, -0.2) is 66.9 Å². The second-order valence-corrected chi connectivity index (χ2v) is 8.17. The molecule has 0 aliphatic carbocycles. The predicted molar refractivity (Wildman–Crippen MR) is 131 cm³/mol. The van der Waals surface area contributed by atoms with Crippen molar-refractivity contribution in [2.45, 2.75) is 25.7 Å². The fourth-order valence-electron chi connectivity index (χ4n) is 4.19. The molecule has 0 atom stereocenters. The van der Waals surface area contributed by atoms with Crippen molar-refractivity contribution in [3.05, 3.63) is 54.1 Å². The Morgan fingerprint density at radius 3 is 2.31 bits per heavy atom. The van der Waals surface area contributed by atoms with E-state index >= 15 is 0 Å². The van der Waals surface area contributed by atoms with Gasteiger partial charge in [0.25, 0.3) is 5.91 Å². The van der Waals surface area contributed by atoms with Crippen molar-refractivity contribution in [2.24, 2.45) is 0 Å². The van der Waals surface area contributed by atoms with Gasteiger partial charge in [-0.15, -0.1) is 12.4 Å². The van der Waals surface area contributed by atoms with Crippen LogP contribution in [0.3, 0.4) is 0 Å². The summed E-state index contributed by atoms with van der Waals surface area (Å²) in [5.74, 6) is -0.147. The van der Waals surface area contributed by atoms with Crippen LogP contribution >= 0.6 is 12.4 Å². The molecular formula is C24H33ClN4O3. The number of carbonyl (C=O) groups excluding carboxylic acids is 2. The van der Waals surface area contributed by atoms with Gasteiger partial charge in [0.15, 0.2) is 0 Å². The number of amides is 2. The van der Waals surface area contributed by atoms with Crippen molar-refractivity contribution in [3.63, 3.8) is 0 Å². The number of likely N-dealkylation sites (N-methyl/N-ethyl adjacent to an activating group) is 1. The Morgan fingerprint density at radius 1 is 0.906 bits per heavy atom. The van der Waals surface area contributed by atoms with Gasteiger partial charge in [-0.2, -0.15) is 0 Å². The number of hydrogen-bond donors (Lipinski definition) is 1. The molecule has 174 valence electrons. The quantitative estimate of drug-likeness (QED) is 0.670. The van der Waals surface area contributed by atoms with Gasteiger partial charge in [-0.1, -0.05) is 30.7 Å². The van der Waals surface area contributed by atoms with Gasteiger partial charge in [-0.05, 0) is 50.7 Å². The molecule has 0 aromatic heterocycles. The maximum Gasteiger partial charge on any atom is 0.257 e. The summed E-state index contributed by atoms with van der Waals surface area (Å²) in [6, 6.07) is 14.8. The summed E-state index contributed by atoms with van der Waals surface area (Å²) in [6.45, 7) is 5.66. The molecule has 2 amide bonds. The second kappa shape index (κ2) is 12.0. The number of carbonyl (C=O) groups is 2. The zero-order valence-corrected chi connectivity index (χ0v) is 19.4. The van der Waals surface area contributed by atoms with E-state index in [0.29, 0.717) is 23.4 Å². The van der Waals surface area contributed by atoms with Crippen LogP contribution in [0.4, 0.5) is 17.1 Å². The molecule has 0 spiro atoms. The Morgan fingerprint density at radius 2 is 1.56 bits per heavy atom. The number of hydrogen-bond acceptors (Lipinski definition) is 4. The zero-order chi connectivity index (χ0) is 20.9. The Hall–Kier alpha value is -2.45. The van der Waals surface area contributed by atoms with E-state index in [1.807, 2.05) is 42.5 Å². The standard InChI is InChI=1S/C24H30N4O2.ClH.H2O/c1-26-15-17-27(18-16-26)14-8-2-3-13-23(29)28-21-11-6-4-9-19(21)24(30)25-20-10-5-7-12-22(20)28;;/h4-7,9-12H,2-3,8,13-18H2,1H3,(H,25,30);1H;1H2. The molecule has 4 rings (SSSR count). The van der Waals surface area contributed by atoms with Crippen molar-refractivity contribution >= 4 is 41.3 Å². The number of nitrogens with one attached hydrogen (secondary N) is 1. The van der Waals surface area contributed by atoms with Gasteiger partial charge in [-0.25, -0.2) is 0 Å². The first kappa shape index (κ1) is 25.8. The molecule has 2 aliphatic heterocycles. The molecule has 3 N–H and O–H groups in total. The summed E-state index contributed by atoms with van der Waals surface area (Å²) < 4.78 is 0. The van der Waals surface area contributed by atoms with E-state index in [1.54, 1.807) is 11.0 Å². The van der Waals surface area contributed by atoms with Crippen LogP contribution in [-0.2, 0) is 4.79 Å². The Bertz CT molecular complexity index is 916. The van der Waals surface area contributed by atoms with E-state index in [1.165, 1.54) is 0 Å². The molecule has 1 saturated heterocycles. The third-order valence-corrected chi connectivity index (χ3v) is 5.99. The highest BCUT2D eigenvalue weighted by molar-refractivity contribution is 6.17. The molecule has 2 aromatic carbocycles. The van der Waals surface area contributed by atoms with Crippen LogP contribution in [0.5, 0.6) is 0 Å². The highest BCUT2D eigenvalue weighted by Crippen LogP contribution is 2.38. The minimum absolute atomic E-state index is 0. The zero-order valence-electron chi connectivity index (χ0n) is 18.5. The fourth-order valence-corrected chi connectivity index (χ4v) is 4.19. The lowest BCUT2D eigenvalue weighted by Gasteiger charge is -2.32. The van der Waals surface area contributed by atoms with Crippen molar-refractivity contribution < 1.29 is 15.1 Å². The predicted octanol–water partition coefficient (Wildman–Crippen LogP) is 3.32. The fraction of sp³-hybridized carbons (Fsp3) is 0.417. The molecular weight excluding hydrogens is 428 g/mol. The number of unbranched alkanes of at least 4 members (excludes halogenated alkanes) is 2. The first-order valence-electron chi connectivity index (χ1n) is 10.9. The van der Waals surface area contributed by atoms with Gasteiger partial charge < -0.3 is 20.6 Å². The van der Waals surface area contributed by atoms with Crippen molar-refractivity contribution in [1.82, 2.24) is 9.80 Å². The molecule has 1 fully saturated rings. The topological polar surface area (TPSA) is 87.4 Å².